The van der Waals surface area contributed by atoms with Gasteiger partial charge in [-0.3, -0.25) is 9.69 Å². The Labute approximate surface area is 123 Å². The van der Waals surface area contributed by atoms with Gasteiger partial charge in [-0.05, 0) is 37.6 Å². The lowest BCUT2D eigenvalue weighted by atomic mass is 10.2. The SMILES string of the molecule is N#Cc1cccc(S(=O)(=O)CCN2CCCC2C(=O)O)c1. The lowest BCUT2D eigenvalue weighted by Gasteiger charge is -2.20. The maximum Gasteiger partial charge on any atom is 0.320 e. The molecule has 1 aliphatic rings. The van der Waals surface area contributed by atoms with Gasteiger partial charge >= 0.3 is 5.97 Å². The third-order valence-corrected chi connectivity index (χ3v) is 5.31. The molecule has 1 aromatic rings. The number of rotatable bonds is 5. The maximum absolute atomic E-state index is 12.3. The van der Waals surface area contributed by atoms with Gasteiger partial charge in [0.15, 0.2) is 9.84 Å². The highest BCUT2D eigenvalue weighted by molar-refractivity contribution is 7.91. The molecule has 0 aliphatic carbocycles. The molecular weight excluding hydrogens is 292 g/mol. The second-order valence-electron chi connectivity index (χ2n) is 4.99. The van der Waals surface area contributed by atoms with Gasteiger partial charge in [0.2, 0.25) is 0 Å². The van der Waals surface area contributed by atoms with Crippen molar-refractivity contribution >= 4 is 15.8 Å². The fraction of sp³-hybridized carbons (Fsp3) is 0.429. The first-order valence-corrected chi connectivity index (χ1v) is 8.29. The number of hydrogen-bond donors (Lipinski definition) is 1. The van der Waals surface area contributed by atoms with Crippen LogP contribution in [-0.2, 0) is 14.6 Å². The summed E-state index contributed by atoms with van der Waals surface area (Å²) in [6, 6.07) is 7.18. The number of nitriles is 1. The zero-order valence-corrected chi connectivity index (χ0v) is 12.2. The number of carbonyl (C=O) groups is 1. The van der Waals surface area contributed by atoms with Gasteiger partial charge in [0.25, 0.3) is 0 Å². The van der Waals surface area contributed by atoms with Crippen molar-refractivity contribution in [2.45, 2.75) is 23.8 Å². The highest BCUT2D eigenvalue weighted by Crippen LogP contribution is 2.19. The average molecular weight is 308 g/mol. The van der Waals surface area contributed by atoms with Crippen molar-refractivity contribution in [3.05, 3.63) is 29.8 Å². The van der Waals surface area contributed by atoms with Crippen LogP contribution in [0, 0.1) is 11.3 Å². The van der Waals surface area contributed by atoms with E-state index in [0.717, 1.165) is 6.42 Å². The van der Waals surface area contributed by atoms with Gasteiger partial charge in [0.1, 0.15) is 6.04 Å². The minimum atomic E-state index is -3.52. The van der Waals surface area contributed by atoms with Gasteiger partial charge in [0, 0.05) is 6.54 Å². The topological polar surface area (TPSA) is 98.5 Å². The smallest absolute Gasteiger partial charge is 0.320 e. The van der Waals surface area contributed by atoms with Crippen LogP contribution in [0.3, 0.4) is 0 Å². The Morgan fingerprint density at radius 1 is 1.48 bits per heavy atom. The Morgan fingerprint density at radius 2 is 2.24 bits per heavy atom. The van der Waals surface area contributed by atoms with E-state index in [9.17, 15) is 13.2 Å². The summed E-state index contributed by atoms with van der Waals surface area (Å²) >= 11 is 0. The molecular formula is C14H16N2O4S. The molecule has 0 aromatic heterocycles. The molecule has 0 radical (unpaired) electrons. The van der Waals surface area contributed by atoms with Crippen LogP contribution in [0.5, 0.6) is 0 Å². The Balaban J connectivity index is 2.08. The van der Waals surface area contributed by atoms with Crippen LogP contribution in [0.4, 0.5) is 0 Å². The maximum atomic E-state index is 12.3. The van der Waals surface area contributed by atoms with E-state index < -0.39 is 21.8 Å². The predicted molar refractivity (Wildman–Crippen MR) is 75.4 cm³/mol. The normalized spacial score (nSPS) is 19.3. The zero-order valence-electron chi connectivity index (χ0n) is 11.4. The van der Waals surface area contributed by atoms with Crippen LogP contribution < -0.4 is 0 Å². The molecule has 1 saturated heterocycles. The number of sulfone groups is 1. The third kappa shape index (κ3) is 3.60. The molecule has 1 aliphatic heterocycles. The van der Waals surface area contributed by atoms with Crippen molar-refractivity contribution in [1.82, 2.24) is 4.90 Å². The van der Waals surface area contributed by atoms with E-state index in [1.54, 1.807) is 11.0 Å². The van der Waals surface area contributed by atoms with Crippen molar-refractivity contribution in [3.8, 4) is 6.07 Å². The first-order chi connectivity index (χ1) is 9.94. The van der Waals surface area contributed by atoms with Crippen molar-refractivity contribution in [2.75, 3.05) is 18.8 Å². The number of carboxylic acid groups (broad SMARTS) is 1. The summed E-state index contributed by atoms with van der Waals surface area (Å²) < 4.78 is 24.5. The third-order valence-electron chi connectivity index (χ3n) is 3.62. The summed E-state index contributed by atoms with van der Waals surface area (Å²) in [4.78, 5) is 12.9. The molecule has 6 nitrogen and oxygen atoms in total. The van der Waals surface area contributed by atoms with Crippen molar-refractivity contribution in [1.29, 1.82) is 5.26 Å². The van der Waals surface area contributed by atoms with Crippen molar-refractivity contribution < 1.29 is 18.3 Å². The number of carboxylic acids is 1. The second kappa shape index (κ2) is 6.24. The fourth-order valence-electron chi connectivity index (χ4n) is 2.49. The summed E-state index contributed by atoms with van der Waals surface area (Å²) in [6.45, 7) is 0.792. The zero-order chi connectivity index (χ0) is 15.5. The lowest BCUT2D eigenvalue weighted by Crippen LogP contribution is -2.38. The van der Waals surface area contributed by atoms with Gasteiger partial charge in [-0.1, -0.05) is 6.07 Å². The van der Waals surface area contributed by atoms with Gasteiger partial charge in [0.05, 0.1) is 22.3 Å². The molecule has 1 aromatic carbocycles. The molecule has 0 bridgehead atoms. The minimum Gasteiger partial charge on any atom is -0.480 e. The summed E-state index contributed by atoms with van der Waals surface area (Å²) in [5, 5.41) is 17.9. The van der Waals surface area contributed by atoms with Crippen LogP contribution in [0.15, 0.2) is 29.2 Å². The summed E-state index contributed by atoms with van der Waals surface area (Å²) in [6.07, 6.45) is 1.32. The van der Waals surface area contributed by atoms with Crippen LogP contribution in [0.1, 0.15) is 18.4 Å². The molecule has 1 fully saturated rings. The lowest BCUT2D eigenvalue weighted by molar-refractivity contribution is -0.142. The summed E-state index contributed by atoms with van der Waals surface area (Å²) in [5.74, 6) is -1.05. The largest absolute Gasteiger partial charge is 0.480 e. The van der Waals surface area contributed by atoms with E-state index in [1.807, 2.05) is 6.07 Å². The van der Waals surface area contributed by atoms with Crippen molar-refractivity contribution in [3.63, 3.8) is 0 Å². The quantitative estimate of drug-likeness (QED) is 0.867. The number of aliphatic carboxylic acids is 1. The first-order valence-electron chi connectivity index (χ1n) is 6.64. The second-order valence-corrected chi connectivity index (χ2v) is 7.10. The molecule has 1 N–H and O–H groups in total. The highest BCUT2D eigenvalue weighted by Gasteiger charge is 2.31. The molecule has 112 valence electrons. The van der Waals surface area contributed by atoms with Crippen molar-refractivity contribution in [2.24, 2.45) is 0 Å². The average Bonchev–Trinajstić information content (AvgIpc) is 2.94. The van der Waals surface area contributed by atoms with Gasteiger partial charge in [-0.2, -0.15) is 5.26 Å². The Bertz CT molecular complexity index is 678. The number of hydrogen-bond acceptors (Lipinski definition) is 5. The summed E-state index contributed by atoms with van der Waals surface area (Å²) in [7, 11) is -3.52. The summed E-state index contributed by atoms with van der Waals surface area (Å²) in [5.41, 5.74) is 0.292. The monoisotopic (exact) mass is 308 g/mol. The van der Waals surface area contributed by atoms with E-state index in [-0.39, 0.29) is 17.2 Å². The number of nitrogens with zero attached hydrogens (tertiary/aromatic N) is 2. The van der Waals surface area contributed by atoms with E-state index in [4.69, 9.17) is 10.4 Å². The van der Waals surface area contributed by atoms with E-state index in [2.05, 4.69) is 0 Å². The molecule has 0 amide bonds. The molecule has 2 rings (SSSR count). The highest BCUT2D eigenvalue weighted by atomic mass is 32.2. The molecule has 1 unspecified atom stereocenters. The molecule has 7 heteroatoms. The van der Waals surface area contributed by atoms with Gasteiger partial charge in [-0.25, -0.2) is 8.42 Å². The molecule has 1 atom stereocenters. The Kier molecular flexibility index (Phi) is 4.60. The van der Waals surface area contributed by atoms with Crippen LogP contribution in [-0.4, -0.2) is 49.3 Å². The molecule has 0 saturated carbocycles. The number of likely N-dealkylation sites (tertiary alicyclic amines) is 1. The Morgan fingerprint density at radius 3 is 2.90 bits per heavy atom. The number of benzene rings is 1. The minimum absolute atomic E-state index is 0.104. The van der Waals surface area contributed by atoms with Crippen LogP contribution >= 0.6 is 0 Å². The van der Waals surface area contributed by atoms with E-state index >= 15 is 0 Å². The molecule has 21 heavy (non-hydrogen) atoms. The molecule has 0 spiro atoms. The van der Waals surface area contributed by atoms with E-state index in [1.165, 1.54) is 18.2 Å². The van der Waals surface area contributed by atoms with Crippen LogP contribution in [0.2, 0.25) is 0 Å². The first kappa shape index (κ1) is 15.5. The van der Waals surface area contributed by atoms with E-state index in [0.29, 0.717) is 18.5 Å². The predicted octanol–water partition coefficient (Wildman–Crippen LogP) is 0.881. The van der Waals surface area contributed by atoms with Crippen LogP contribution in [0.25, 0.3) is 0 Å². The van der Waals surface area contributed by atoms with Gasteiger partial charge < -0.3 is 5.11 Å². The molecule has 1 heterocycles. The fourth-order valence-corrected chi connectivity index (χ4v) is 3.79. The standard InChI is InChI=1S/C14H16N2O4S/c15-10-11-3-1-4-12(9-11)21(19,20)8-7-16-6-2-5-13(16)14(17)18/h1,3-4,9,13H,2,5-8H2,(H,17,18). The Hall–Kier alpha value is -1.91. The van der Waals surface area contributed by atoms with Gasteiger partial charge in [-0.15, -0.1) is 0 Å².